The second kappa shape index (κ2) is 8.13. The van der Waals surface area contributed by atoms with E-state index in [0.717, 1.165) is 12.0 Å². The van der Waals surface area contributed by atoms with E-state index in [1.165, 1.54) is 6.07 Å². The lowest BCUT2D eigenvalue weighted by molar-refractivity contribution is 0.0502. The molecule has 124 valence electrons. The van der Waals surface area contributed by atoms with E-state index in [9.17, 15) is 9.18 Å². The van der Waals surface area contributed by atoms with E-state index in [0.29, 0.717) is 18.7 Å². The highest BCUT2D eigenvalue weighted by molar-refractivity contribution is 5.68. The molecule has 0 radical (unpaired) electrons. The third-order valence-corrected chi connectivity index (χ3v) is 3.12. The van der Waals surface area contributed by atoms with Crippen LogP contribution < -0.4 is 10.6 Å². The third kappa shape index (κ3) is 6.89. The molecule has 22 heavy (non-hydrogen) atoms. The van der Waals surface area contributed by atoms with Gasteiger partial charge in [-0.3, -0.25) is 0 Å². The van der Waals surface area contributed by atoms with Gasteiger partial charge in [0.2, 0.25) is 0 Å². The number of carbonyl (C=O) groups is 1. The summed E-state index contributed by atoms with van der Waals surface area (Å²) in [6, 6.07) is 4.99. The Morgan fingerprint density at radius 3 is 2.64 bits per heavy atom. The Hall–Kier alpha value is -1.62. The van der Waals surface area contributed by atoms with Crippen LogP contribution >= 0.6 is 0 Å². The van der Waals surface area contributed by atoms with Gasteiger partial charge in [0.1, 0.15) is 11.4 Å². The Balaban J connectivity index is 2.44. The van der Waals surface area contributed by atoms with Crippen molar-refractivity contribution in [2.75, 3.05) is 6.54 Å². The van der Waals surface area contributed by atoms with Gasteiger partial charge >= 0.3 is 6.09 Å². The lowest BCUT2D eigenvalue weighted by Gasteiger charge is -2.23. The monoisotopic (exact) mass is 310 g/mol. The summed E-state index contributed by atoms with van der Waals surface area (Å²) in [4.78, 5) is 11.7. The zero-order chi connectivity index (χ0) is 16.8. The average molecular weight is 310 g/mol. The number of rotatable bonds is 6. The first-order valence-corrected chi connectivity index (χ1v) is 7.66. The number of amides is 1. The van der Waals surface area contributed by atoms with Crippen molar-refractivity contribution in [2.24, 2.45) is 0 Å². The van der Waals surface area contributed by atoms with E-state index < -0.39 is 11.7 Å². The minimum absolute atomic E-state index is 0.0530. The van der Waals surface area contributed by atoms with E-state index in [4.69, 9.17) is 4.74 Å². The molecule has 0 aliphatic rings. The molecule has 0 aliphatic heterocycles. The molecule has 1 unspecified atom stereocenters. The van der Waals surface area contributed by atoms with Crippen molar-refractivity contribution in [2.45, 2.75) is 59.2 Å². The van der Waals surface area contributed by atoms with Crippen molar-refractivity contribution in [3.8, 4) is 0 Å². The van der Waals surface area contributed by atoms with Crippen LogP contribution in [0.15, 0.2) is 18.2 Å². The van der Waals surface area contributed by atoms with Gasteiger partial charge in [0, 0.05) is 24.7 Å². The molecule has 0 saturated carbocycles. The SMILES string of the molecule is CCC(CNCc1cc(C)ccc1F)NC(=O)OC(C)(C)C. The highest BCUT2D eigenvalue weighted by atomic mass is 19.1. The van der Waals surface area contributed by atoms with E-state index in [1.807, 2.05) is 40.7 Å². The van der Waals surface area contributed by atoms with Crippen molar-refractivity contribution in [3.63, 3.8) is 0 Å². The summed E-state index contributed by atoms with van der Waals surface area (Å²) < 4.78 is 18.9. The second-order valence-corrected chi connectivity index (χ2v) is 6.48. The highest BCUT2D eigenvalue weighted by Crippen LogP contribution is 2.10. The molecule has 4 nitrogen and oxygen atoms in total. The molecule has 0 aromatic heterocycles. The summed E-state index contributed by atoms with van der Waals surface area (Å²) >= 11 is 0. The van der Waals surface area contributed by atoms with Gasteiger partial charge < -0.3 is 15.4 Å². The maximum absolute atomic E-state index is 13.6. The van der Waals surface area contributed by atoms with E-state index in [-0.39, 0.29) is 11.9 Å². The van der Waals surface area contributed by atoms with Gasteiger partial charge in [-0.1, -0.05) is 24.6 Å². The van der Waals surface area contributed by atoms with E-state index in [2.05, 4.69) is 10.6 Å². The summed E-state index contributed by atoms with van der Waals surface area (Å²) in [6.45, 7) is 10.4. The summed E-state index contributed by atoms with van der Waals surface area (Å²) in [5.41, 5.74) is 1.14. The highest BCUT2D eigenvalue weighted by Gasteiger charge is 2.18. The number of hydrogen-bond donors (Lipinski definition) is 2. The Morgan fingerprint density at radius 2 is 2.05 bits per heavy atom. The number of aryl methyl sites for hydroxylation is 1. The van der Waals surface area contributed by atoms with Crippen LogP contribution in [-0.4, -0.2) is 24.3 Å². The third-order valence-electron chi connectivity index (χ3n) is 3.12. The molecule has 1 aromatic carbocycles. The minimum Gasteiger partial charge on any atom is -0.444 e. The number of benzene rings is 1. The maximum atomic E-state index is 13.6. The van der Waals surface area contributed by atoms with Crippen LogP contribution in [-0.2, 0) is 11.3 Å². The number of alkyl carbamates (subject to hydrolysis) is 1. The minimum atomic E-state index is -0.513. The standard InChI is InChI=1S/C17H27FN2O2/c1-6-14(20-16(21)22-17(3,4)5)11-19-10-13-9-12(2)7-8-15(13)18/h7-9,14,19H,6,10-11H2,1-5H3,(H,20,21). The molecular weight excluding hydrogens is 283 g/mol. The Bertz CT molecular complexity index is 498. The molecular formula is C17H27FN2O2. The van der Waals surface area contributed by atoms with Crippen LogP contribution in [0, 0.1) is 12.7 Å². The van der Waals surface area contributed by atoms with Crippen molar-refractivity contribution in [3.05, 3.63) is 35.1 Å². The fourth-order valence-electron chi connectivity index (χ4n) is 1.99. The Labute approximate surface area is 132 Å². The Morgan fingerprint density at radius 1 is 1.36 bits per heavy atom. The zero-order valence-corrected chi connectivity index (χ0v) is 14.1. The van der Waals surface area contributed by atoms with Gasteiger partial charge in [-0.25, -0.2) is 9.18 Å². The largest absolute Gasteiger partial charge is 0.444 e. The van der Waals surface area contributed by atoms with Crippen LogP contribution in [0.5, 0.6) is 0 Å². The first-order valence-electron chi connectivity index (χ1n) is 7.66. The van der Waals surface area contributed by atoms with Gasteiger partial charge in [0.05, 0.1) is 0 Å². The molecule has 0 heterocycles. The smallest absolute Gasteiger partial charge is 0.407 e. The molecule has 0 saturated heterocycles. The molecule has 1 aromatic rings. The molecule has 1 rings (SSSR count). The predicted molar refractivity (Wildman–Crippen MR) is 86.3 cm³/mol. The predicted octanol–water partition coefficient (Wildman–Crippen LogP) is 3.53. The van der Waals surface area contributed by atoms with Crippen molar-refractivity contribution < 1.29 is 13.9 Å². The van der Waals surface area contributed by atoms with Crippen LogP contribution in [0.2, 0.25) is 0 Å². The van der Waals surface area contributed by atoms with Crippen molar-refractivity contribution in [1.29, 1.82) is 0 Å². The number of nitrogens with one attached hydrogen (secondary N) is 2. The second-order valence-electron chi connectivity index (χ2n) is 6.48. The van der Waals surface area contributed by atoms with Crippen LogP contribution in [0.4, 0.5) is 9.18 Å². The van der Waals surface area contributed by atoms with Gasteiger partial charge in [-0.05, 0) is 40.2 Å². The molecule has 0 spiro atoms. The van der Waals surface area contributed by atoms with Crippen molar-refractivity contribution >= 4 is 6.09 Å². The zero-order valence-electron chi connectivity index (χ0n) is 14.1. The summed E-state index contributed by atoms with van der Waals surface area (Å²) in [5, 5.41) is 6.00. The topological polar surface area (TPSA) is 50.4 Å². The van der Waals surface area contributed by atoms with Gasteiger partial charge in [-0.2, -0.15) is 0 Å². The molecule has 2 N–H and O–H groups in total. The fourth-order valence-corrected chi connectivity index (χ4v) is 1.99. The van der Waals surface area contributed by atoms with E-state index >= 15 is 0 Å². The summed E-state index contributed by atoms with van der Waals surface area (Å²) in [5.74, 6) is -0.216. The molecule has 0 aliphatic carbocycles. The van der Waals surface area contributed by atoms with Crippen LogP contribution in [0.25, 0.3) is 0 Å². The number of hydrogen-bond acceptors (Lipinski definition) is 3. The molecule has 5 heteroatoms. The lowest BCUT2D eigenvalue weighted by Crippen LogP contribution is -2.43. The summed E-state index contributed by atoms with van der Waals surface area (Å²) in [6.07, 6.45) is 0.339. The first kappa shape index (κ1) is 18.4. The normalized spacial score (nSPS) is 12.8. The maximum Gasteiger partial charge on any atom is 0.407 e. The molecule has 1 amide bonds. The average Bonchev–Trinajstić information content (AvgIpc) is 2.39. The van der Waals surface area contributed by atoms with Crippen LogP contribution in [0.1, 0.15) is 45.2 Å². The van der Waals surface area contributed by atoms with Gasteiger partial charge in [-0.15, -0.1) is 0 Å². The molecule has 0 bridgehead atoms. The quantitative estimate of drug-likeness (QED) is 0.845. The summed E-state index contributed by atoms with van der Waals surface area (Å²) in [7, 11) is 0. The first-order chi connectivity index (χ1) is 10.2. The molecule has 0 fully saturated rings. The number of ether oxygens (including phenoxy) is 1. The molecule has 1 atom stereocenters. The van der Waals surface area contributed by atoms with Crippen LogP contribution in [0.3, 0.4) is 0 Å². The number of halogens is 1. The van der Waals surface area contributed by atoms with Gasteiger partial charge in [0.25, 0.3) is 0 Å². The van der Waals surface area contributed by atoms with Gasteiger partial charge in [0.15, 0.2) is 0 Å². The fraction of sp³-hybridized carbons (Fsp3) is 0.588. The Kier molecular flexibility index (Phi) is 6.81. The van der Waals surface area contributed by atoms with E-state index in [1.54, 1.807) is 6.07 Å². The number of carbonyl (C=O) groups excluding carboxylic acids is 1. The lowest BCUT2D eigenvalue weighted by atomic mass is 10.1. The van der Waals surface area contributed by atoms with Crippen molar-refractivity contribution in [1.82, 2.24) is 10.6 Å².